The van der Waals surface area contributed by atoms with E-state index in [1.165, 1.54) is 28.7 Å². The predicted octanol–water partition coefficient (Wildman–Crippen LogP) is 2.34. The molecular formula is C24H34N6O3S. The molecule has 0 radical (unpaired) electrons. The molecule has 2 aromatic heterocycles. The molecule has 1 atom stereocenters. The minimum Gasteiger partial charge on any atom is -0.348 e. The van der Waals surface area contributed by atoms with Gasteiger partial charge in [0.2, 0.25) is 11.8 Å². The number of amides is 2. The van der Waals surface area contributed by atoms with E-state index in [-0.39, 0.29) is 23.9 Å². The Hall–Kier alpha value is -2.49. The number of fused-ring (bicyclic) bond motifs is 1. The molecule has 2 aromatic rings. The molecule has 3 saturated heterocycles. The van der Waals surface area contributed by atoms with Crippen LogP contribution in [0, 0.1) is 11.8 Å². The topological polar surface area (TPSA) is 91.6 Å². The van der Waals surface area contributed by atoms with E-state index in [0.29, 0.717) is 22.2 Å². The standard InChI is InChI=1S/C24H34N6O3S/c1-17-6-5-11-29(14-17)19(31)15-30-16-25-21-20(23(30)33)34-24(26-21)28-12-7-18(8-13-28)22(32)27-9-3-2-4-10-27/h16-18H,2-15H2,1H3/t17-/m1/s1. The lowest BCUT2D eigenvalue weighted by atomic mass is 9.94. The number of aromatic nitrogens is 3. The second kappa shape index (κ2) is 10.0. The van der Waals surface area contributed by atoms with Gasteiger partial charge in [-0.15, -0.1) is 0 Å². The third-order valence-electron chi connectivity index (χ3n) is 7.47. The van der Waals surface area contributed by atoms with Crippen LogP contribution in [0.3, 0.4) is 0 Å². The van der Waals surface area contributed by atoms with Crippen LogP contribution in [0.1, 0.15) is 51.9 Å². The van der Waals surface area contributed by atoms with Crippen molar-refractivity contribution in [2.24, 2.45) is 11.8 Å². The second-order valence-corrected chi connectivity index (χ2v) is 11.0. The molecule has 2 amide bonds. The molecule has 0 N–H and O–H groups in total. The summed E-state index contributed by atoms with van der Waals surface area (Å²) in [5.41, 5.74) is 0.231. The minimum absolute atomic E-state index is 0.0196. The highest BCUT2D eigenvalue weighted by Gasteiger charge is 2.30. The number of hydrogen-bond acceptors (Lipinski definition) is 7. The quantitative estimate of drug-likeness (QED) is 0.659. The third kappa shape index (κ3) is 4.82. The molecule has 0 bridgehead atoms. The summed E-state index contributed by atoms with van der Waals surface area (Å²) in [7, 11) is 0. The number of rotatable bonds is 4. The average molecular weight is 487 g/mol. The molecule has 0 aliphatic carbocycles. The summed E-state index contributed by atoms with van der Waals surface area (Å²) in [4.78, 5) is 53.7. The zero-order valence-electron chi connectivity index (χ0n) is 19.9. The number of piperidine rings is 3. The molecule has 0 saturated carbocycles. The fourth-order valence-electron chi connectivity index (χ4n) is 5.43. The lowest BCUT2D eigenvalue weighted by Gasteiger charge is -2.35. The molecule has 3 fully saturated rings. The number of thiazole rings is 1. The van der Waals surface area contributed by atoms with Gasteiger partial charge < -0.3 is 14.7 Å². The molecule has 0 aromatic carbocycles. The molecule has 9 nitrogen and oxygen atoms in total. The Kier molecular flexibility index (Phi) is 6.85. The Morgan fingerprint density at radius 2 is 1.74 bits per heavy atom. The summed E-state index contributed by atoms with van der Waals surface area (Å²) in [5.74, 6) is 0.863. The SMILES string of the molecule is C[C@@H]1CCCN(C(=O)Cn2cnc3nc(N4CCC(C(=O)N5CCCCC5)CC4)sc3c2=O)C1. The monoisotopic (exact) mass is 486 g/mol. The van der Waals surface area contributed by atoms with E-state index < -0.39 is 0 Å². The highest BCUT2D eigenvalue weighted by molar-refractivity contribution is 7.22. The van der Waals surface area contributed by atoms with Gasteiger partial charge in [-0.25, -0.2) is 4.98 Å². The van der Waals surface area contributed by atoms with Gasteiger partial charge in [-0.3, -0.25) is 19.0 Å². The van der Waals surface area contributed by atoms with Crippen LogP contribution in [0.15, 0.2) is 11.1 Å². The molecular weight excluding hydrogens is 452 g/mol. The van der Waals surface area contributed by atoms with Crippen molar-refractivity contribution in [2.75, 3.05) is 44.2 Å². The van der Waals surface area contributed by atoms with E-state index >= 15 is 0 Å². The Morgan fingerprint density at radius 1 is 1.00 bits per heavy atom. The Bertz CT molecular complexity index is 1100. The van der Waals surface area contributed by atoms with Gasteiger partial charge in [-0.1, -0.05) is 18.3 Å². The molecule has 0 spiro atoms. The van der Waals surface area contributed by atoms with Crippen LogP contribution in [0.4, 0.5) is 5.13 Å². The van der Waals surface area contributed by atoms with Crippen LogP contribution in [0.2, 0.25) is 0 Å². The van der Waals surface area contributed by atoms with Gasteiger partial charge in [0.15, 0.2) is 10.8 Å². The van der Waals surface area contributed by atoms with Gasteiger partial charge in [0, 0.05) is 45.2 Å². The van der Waals surface area contributed by atoms with E-state index in [2.05, 4.69) is 21.8 Å². The van der Waals surface area contributed by atoms with Crippen LogP contribution >= 0.6 is 11.3 Å². The van der Waals surface area contributed by atoms with Crippen LogP contribution in [-0.4, -0.2) is 75.4 Å². The maximum atomic E-state index is 13.1. The normalized spacial score (nSPS) is 22.4. The van der Waals surface area contributed by atoms with E-state index in [9.17, 15) is 14.4 Å². The first-order valence-electron chi connectivity index (χ1n) is 12.7. The first-order chi connectivity index (χ1) is 16.5. The first kappa shape index (κ1) is 23.3. The number of likely N-dealkylation sites (tertiary alicyclic amines) is 2. The van der Waals surface area contributed by atoms with Crippen LogP contribution in [-0.2, 0) is 16.1 Å². The Balaban J connectivity index is 1.24. The number of nitrogens with zero attached hydrogens (tertiary/aromatic N) is 6. The van der Waals surface area contributed by atoms with E-state index in [1.807, 2.05) is 9.80 Å². The summed E-state index contributed by atoms with van der Waals surface area (Å²) in [6.07, 6.45) is 8.68. The number of carbonyl (C=O) groups is 2. The van der Waals surface area contributed by atoms with Crippen molar-refractivity contribution >= 4 is 38.6 Å². The van der Waals surface area contributed by atoms with Crippen LogP contribution < -0.4 is 10.5 Å². The lowest BCUT2D eigenvalue weighted by Crippen LogP contribution is -2.44. The number of hydrogen-bond donors (Lipinski definition) is 0. The summed E-state index contributed by atoms with van der Waals surface area (Å²) < 4.78 is 1.90. The van der Waals surface area contributed by atoms with Gasteiger partial charge >= 0.3 is 0 Å². The molecule has 5 heterocycles. The highest BCUT2D eigenvalue weighted by atomic mass is 32.1. The third-order valence-corrected chi connectivity index (χ3v) is 8.56. The van der Waals surface area contributed by atoms with Gasteiger partial charge in [-0.2, -0.15) is 4.98 Å². The number of carbonyl (C=O) groups excluding carboxylic acids is 2. The predicted molar refractivity (Wildman–Crippen MR) is 132 cm³/mol. The van der Waals surface area contributed by atoms with Gasteiger partial charge in [-0.05, 0) is 50.9 Å². The van der Waals surface area contributed by atoms with Crippen molar-refractivity contribution in [3.63, 3.8) is 0 Å². The van der Waals surface area contributed by atoms with Crippen LogP contribution in [0.5, 0.6) is 0 Å². The average Bonchev–Trinajstić information content (AvgIpc) is 3.31. The number of anilines is 1. The summed E-state index contributed by atoms with van der Waals surface area (Å²) in [6.45, 7) is 6.99. The van der Waals surface area contributed by atoms with E-state index in [1.54, 1.807) is 0 Å². The fourth-order valence-corrected chi connectivity index (χ4v) is 6.46. The molecule has 3 aliphatic heterocycles. The first-order valence-corrected chi connectivity index (χ1v) is 13.5. The smallest absolute Gasteiger partial charge is 0.273 e. The zero-order valence-corrected chi connectivity index (χ0v) is 20.8. The minimum atomic E-state index is -0.206. The molecule has 10 heteroatoms. The van der Waals surface area contributed by atoms with Crippen molar-refractivity contribution in [3.8, 4) is 0 Å². The van der Waals surface area contributed by atoms with E-state index in [4.69, 9.17) is 0 Å². The molecule has 5 rings (SSSR count). The second-order valence-electron chi connectivity index (χ2n) is 10.1. The van der Waals surface area contributed by atoms with Crippen molar-refractivity contribution in [1.82, 2.24) is 24.3 Å². The van der Waals surface area contributed by atoms with Gasteiger partial charge in [0.1, 0.15) is 17.6 Å². The Morgan fingerprint density at radius 3 is 2.47 bits per heavy atom. The molecule has 34 heavy (non-hydrogen) atoms. The molecule has 184 valence electrons. The van der Waals surface area contributed by atoms with Crippen molar-refractivity contribution in [1.29, 1.82) is 0 Å². The zero-order chi connectivity index (χ0) is 23.7. The largest absolute Gasteiger partial charge is 0.348 e. The summed E-state index contributed by atoms with van der Waals surface area (Å²) in [6, 6.07) is 0. The maximum Gasteiger partial charge on any atom is 0.273 e. The van der Waals surface area contributed by atoms with Crippen molar-refractivity contribution in [2.45, 2.75) is 58.4 Å². The Labute approximate surface area is 203 Å². The van der Waals surface area contributed by atoms with E-state index in [0.717, 1.165) is 82.9 Å². The maximum absolute atomic E-state index is 13.1. The van der Waals surface area contributed by atoms with Gasteiger partial charge in [0.25, 0.3) is 5.56 Å². The summed E-state index contributed by atoms with van der Waals surface area (Å²) >= 11 is 1.34. The van der Waals surface area contributed by atoms with Gasteiger partial charge in [0.05, 0.1) is 0 Å². The van der Waals surface area contributed by atoms with Crippen molar-refractivity contribution < 1.29 is 9.59 Å². The summed E-state index contributed by atoms with van der Waals surface area (Å²) in [5, 5.41) is 0.775. The van der Waals surface area contributed by atoms with Crippen molar-refractivity contribution in [3.05, 3.63) is 16.7 Å². The fraction of sp³-hybridized carbons (Fsp3) is 0.708. The van der Waals surface area contributed by atoms with Crippen LogP contribution in [0.25, 0.3) is 10.3 Å². The molecule has 0 unspecified atom stereocenters. The highest BCUT2D eigenvalue weighted by Crippen LogP contribution is 2.30. The molecule has 3 aliphatic rings. The lowest BCUT2D eigenvalue weighted by molar-refractivity contribution is -0.137.